The lowest BCUT2D eigenvalue weighted by molar-refractivity contribution is 1.31. The molecule has 2 aromatic rings. The predicted octanol–water partition coefficient (Wildman–Crippen LogP) is 4.18. The summed E-state index contributed by atoms with van der Waals surface area (Å²) in [5, 5.41) is 3.92. The number of nitrogens with one attached hydrogen (secondary N) is 1. The summed E-state index contributed by atoms with van der Waals surface area (Å²) < 4.78 is 0.909. The quantitative estimate of drug-likeness (QED) is 0.810. The number of benzene rings is 1. The molecule has 0 saturated heterocycles. The zero-order chi connectivity index (χ0) is 14.0. The average Bonchev–Trinajstić information content (AvgIpc) is 2.36. The van der Waals surface area contributed by atoms with Gasteiger partial charge in [0.05, 0.1) is 17.6 Å². The van der Waals surface area contributed by atoms with Gasteiger partial charge < -0.3 is 11.1 Å². The predicted molar refractivity (Wildman–Crippen MR) is 87.3 cm³/mol. The lowest BCUT2D eigenvalue weighted by atomic mass is 10.2. The van der Waals surface area contributed by atoms with Gasteiger partial charge in [0.2, 0.25) is 0 Å². The molecule has 0 radical (unpaired) electrons. The highest BCUT2D eigenvalue weighted by Crippen LogP contribution is 2.32. The van der Waals surface area contributed by atoms with Crippen molar-refractivity contribution in [2.24, 2.45) is 5.73 Å². The van der Waals surface area contributed by atoms with E-state index in [-0.39, 0.29) is 0 Å². The topological polar surface area (TPSA) is 50.9 Å². The molecule has 0 aliphatic rings. The molecule has 3 N–H and O–H groups in total. The molecule has 1 heterocycles. The van der Waals surface area contributed by atoms with Crippen molar-refractivity contribution in [3.05, 3.63) is 51.2 Å². The largest absolute Gasteiger partial charge is 0.389 e. The van der Waals surface area contributed by atoms with Gasteiger partial charge in [-0.3, -0.25) is 4.98 Å². The summed E-state index contributed by atoms with van der Waals surface area (Å²) >= 11 is 14.6. The minimum Gasteiger partial charge on any atom is -0.389 e. The van der Waals surface area contributed by atoms with E-state index in [1.54, 1.807) is 18.5 Å². The maximum atomic E-state index is 6.13. The van der Waals surface area contributed by atoms with Gasteiger partial charge in [-0.2, -0.15) is 0 Å². The summed E-state index contributed by atoms with van der Waals surface area (Å²) in [5.41, 5.74) is 9.01. The van der Waals surface area contributed by atoms with Crippen molar-refractivity contribution in [1.82, 2.24) is 4.98 Å². The summed E-state index contributed by atoms with van der Waals surface area (Å²) in [7, 11) is 0. The fraction of sp³-hybridized carbons (Fsp3) is 0.0769. The van der Waals surface area contributed by atoms with E-state index >= 15 is 0 Å². The Labute approximate surface area is 130 Å². The molecule has 1 aromatic carbocycles. The fourth-order valence-corrected chi connectivity index (χ4v) is 2.49. The molecule has 2 rings (SSSR count). The SMILES string of the molecule is Cc1cc(Br)c(Nc2cnccc2C(N)=S)cc1Cl. The van der Waals surface area contributed by atoms with Crippen LogP contribution in [0.5, 0.6) is 0 Å². The van der Waals surface area contributed by atoms with Crippen LogP contribution in [-0.4, -0.2) is 9.97 Å². The van der Waals surface area contributed by atoms with Crippen LogP contribution in [0.2, 0.25) is 5.02 Å². The van der Waals surface area contributed by atoms with Crippen LogP contribution in [-0.2, 0) is 0 Å². The third kappa shape index (κ3) is 3.23. The van der Waals surface area contributed by atoms with Crippen LogP contribution in [0.25, 0.3) is 0 Å². The number of nitrogens with two attached hydrogens (primary N) is 1. The van der Waals surface area contributed by atoms with E-state index in [0.29, 0.717) is 10.0 Å². The van der Waals surface area contributed by atoms with E-state index < -0.39 is 0 Å². The summed E-state index contributed by atoms with van der Waals surface area (Å²) in [5.74, 6) is 0. The van der Waals surface area contributed by atoms with Gasteiger partial charge in [0.1, 0.15) is 4.99 Å². The van der Waals surface area contributed by atoms with E-state index in [1.165, 1.54) is 0 Å². The van der Waals surface area contributed by atoms with Crippen molar-refractivity contribution in [1.29, 1.82) is 0 Å². The van der Waals surface area contributed by atoms with Crippen LogP contribution in [0, 0.1) is 6.92 Å². The molecular formula is C13H11BrClN3S. The van der Waals surface area contributed by atoms with E-state index in [9.17, 15) is 0 Å². The standard InChI is InChI=1S/C13H11BrClN3S/c1-7-4-9(14)11(5-10(7)15)18-12-6-17-3-2-8(12)13(16)19/h2-6,18H,1H3,(H2,16,19). The molecule has 0 fully saturated rings. The van der Waals surface area contributed by atoms with E-state index in [2.05, 4.69) is 26.2 Å². The number of aromatic nitrogens is 1. The highest BCUT2D eigenvalue weighted by molar-refractivity contribution is 9.10. The van der Waals surface area contributed by atoms with Gasteiger partial charge in [-0.05, 0) is 46.6 Å². The Morgan fingerprint density at radius 3 is 2.84 bits per heavy atom. The molecular weight excluding hydrogens is 346 g/mol. The van der Waals surface area contributed by atoms with Crippen LogP contribution in [0.4, 0.5) is 11.4 Å². The monoisotopic (exact) mass is 355 g/mol. The van der Waals surface area contributed by atoms with Crippen LogP contribution in [0.15, 0.2) is 35.1 Å². The highest BCUT2D eigenvalue weighted by Gasteiger charge is 2.09. The minimum atomic E-state index is 0.319. The molecule has 0 bridgehead atoms. The number of rotatable bonds is 3. The molecule has 98 valence electrons. The Bertz CT molecular complexity index is 646. The Hall–Kier alpha value is -1.17. The Balaban J connectivity index is 2.42. The van der Waals surface area contributed by atoms with E-state index in [1.807, 2.05) is 19.1 Å². The third-order valence-electron chi connectivity index (χ3n) is 2.60. The lowest BCUT2D eigenvalue weighted by Crippen LogP contribution is -2.12. The first-order valence-corrected chi connectivity index (χ1v) is 7.03. The number of hydrogen-bond acceptors (Lipinski definition) is 3. The maximum absolute atomic E-state index is 6.13. The first-order valence-electron chi connectivity index (χ1n) is 5.45. The molecule has 0 aliphatic carbocycles. The Kier molecular flexibility index (Phi) is 4.39. The van der Waals surface area contributed by atoms with Gasteiger partial charge >= 0.3 is 0 Å². The van der Waals surface area contributed by atoms with Gasteiger partial charge in [0.25, 0.3) is 0 Å². The van der Waals surface area contributed by atoms with Crippen LogP contribution in [0.1, 0.15) is 11.1 Å². The molecule has 3 nitrogen and oxygen atoms in total. The summed E-state index contributed by atoms with van der Waals surface area (Å²) in [6.45, 7) is 1.95. The van der Waals surface area contributed by atoms with E-state index in [4.69, 9.17) is 29.6 Å². The lowest BCUT2D eigenvalue weighted by Gasteiger charge is -2.13. The van der Waals surface area contributed by atoms with Crippen molar-refractivity contribution in [3.63, 3.8) is 0 Å². The fourth-order valence-electron chi connectivity index (χ4n) is 1.60. The smallest absolute Gasteiger partial charge is 0.106 e. The first-order chi connectivity index (χ1) is 8.99. The molecule has 0 atom stereocenters. The van der Waals surface area contributed by atoms with Crippen molar-refractivity contribution in [2.45, 2.75) is 6.92 Å². The van der Waals surface area contributed by atoms with Crippen molar-refractivity contribution in [2.75, 3.05) is 5.32 Å². The average molecular weight is 357 g/mol. The second kappa shape index (κ2) is 5.86. The minimum absolute atomic E-state index is 0.319. The van der Waals surface area contributed by atoms with E-state index in [0.717, 1.165) is 27.0 Å². The van der Waals surface area contributed by atoms with Crippen molar-refractivity contribution in [3.8, 4) is 0 Å². The number of anilines is 2. The van der Waals surface area contributed by atoms with Crippen LogP contribution < -0.4 is 11.1 Å². The Morgan fingerprint density at radius 2 is 2.16 bits per heavy atom. The molecule has 6 heteroatoms. The van der Waals surface area contributed by atoms with Crippen molar-refractivity contribution >= 4 is 56.1 Å². The van der Waals surface area contributed by atoms with Gasteiger partial charge in [0, 0.05) is 21.3 Å². The van der Waals surface area contributed by atoms with Gasteiger partial charge in [-0.15, -0.1) is 0 Å². The molecule has 0 saturated carbocycles. The highest BCUT2D eigenvalue weighted by atomic mass is 79.9. The number of halogens is 2. The first kappa shape index (κ1) is 14.2. The Morgan fingerprint density at radius 1 is 1.42 bits per heavy atom. The number of pyridine rings is 1. The van der Waals surface area contributed by atoms with Gasteiger partial charge in [0.15, 0.2) is 0 Å². The van der Waals surface area contributed by atoms with Crippen LogP contribution >= 0.6 is 39.7 Å². The molecule has 0 aliphatic heterocycles. The molecule has 0 unspecified atom stereocenters. The maximum Gasteiger partial charge on any atom is 0.106 e. The molecule has 1 aromatic heterocycles. The van der Waals surface area contributed by atoms with Gasteiger partial charge in [-0.25, -0.2) is 0 Å². The third-order valence-corrected chi connectivity index (χ3v) is 3.89. The second-order valence-electron chi connectivity index (χ2n) is 3.99. The summed E-state index contributed by atoms with van der Waals surface area (Å²) in [6.07, 6.45) is 3.32. The molecule has 0 spiro atoms. The van der Waals surface area contributed by atoms with Crippen molar-refractivity contribution < 1.29 is 0 Å². The zero-order valence-electron chi connectivity index (χ0n) is 10.1. The zero-order valence-corrected chi connectivity index (χ0v) is 13.2. The number of nitrogens with zero attached hydrogens (tertiary/aromatic N) is 1. The normalized spacial score (nSPS) is 10.3. The van der Waals surface area contributed by atoms with Crippen LogP contribution in [0.3, 0.4) is 0 Å². The summed E-state index contributed by atoms with van der Waals surface area (Å²) in [6, 6.07) is 5.56. The number of hydrogen-bond donors (Lipinski definition) is 2. The molecule has 0 amide bonds. The van der Waals surface area contributed by atoms with Gasteiger partial charge in [-0.1, -0.05) is 23.8 Å². The summed E-state index contributed by atoms with van der Waals surface area (Å²) in [4.78, 5) is 4.39. The number of thiocarbonyl (C=S) groups is 1. The second-order valence-corrected chi connectivity index (χ2v) is 5.69. The number of aryl methyl sites for hydroxylation is 1. The molecule has 19 heavy (non-hydrogen) atoms.